The van der Waals surface area contributed by atoms with Gasteiger partial charge in [0.1, 0.15) is 5.69 Å². The lowest BCUT2D eigenvalue weighted by atomic mass is 10.2. The quantitative estimate of drug-likeness (QED) is 0.779. The molecule has 0 saturated heterocycles. The van der Waals surface area contributed by atoms with Crippen molar-refractivity contribution in [2.24, 2.45) is 12.8 Å². The highest BCUT2D eigenvalue weighted by Gasteiger charge is 2.11. The van der Waals surface area contributed by atoms with Gasteiger partial charge in [-0.3, -0.25) is 9.48 Å². The Hall–Kier alpha value is -2.65. The van der Waals surface area contributed by atoms with Gasteiger partial charge in [-0.05, 0) is 18.2 Å². The van der Waals surface area contributed by atoms with Crippen molar-refractivity contribution in [1.29, 1.82) is 0 Å². The zero-order valence-electron chi connectivity index (χ0n) is 11.8. The number of nitrogens with one attached hydrogen (secondary N) is 1. The number of hydrogen-bond acceptors (Lipinski definition) is 4. The van der Waals surface area contributed by atoms with Crippen LogP contribution in [0.3, 0.4) is 0 Å². The van der Waals surface area contributed by atoms with E-state index in [1.165, 1.54) is 0 Å². The lowest BCUT2D eigenvalue weighted by molar-refractivity contribution is 0.0949. The Bertz CT molecular complexity index is 681. The number of aromatic nitrogens is 3. The number of pyridine rings is 1. The van der Waals surface area contributed by atoms with Gasteiger partial charge in [-0.1, -0.05) is 11.8 Å². The first kappa shape index (κ1) is 14.8. The Morgan fingerprint density at radius 3 is 3.05 bits per heavy atom. The first-order valence-corrected chi connectivity index (χ1v) is 6.61. The van der Waals surface area contributed by atoms with Gasteiger partial charge in [-0.2, -0.15) is 5.10 Å². The fraction of sp³-hybridized carbons (Fsp3) is 0.267. The molecule has 6 nitrogen and oxygen atoms in total. The first-order chi connectivity index (χ1) is 10.2. The highest BCUT2D eigenvalue weighted by atomic mass is 16.1. The molecule has 0 bridgehead atoms. The summed E-state index contributed by atoms with van der Waals surface area (Å²) in [5, 5.41) is 7.08. The lowest BCUT2D eigenvalue weighted by Gasteiger charge is -2.05. The van der Waals surface area contributed by atoms with Crippen LogP contribution < -0.4 is 11.1 Å². The molecule has 108 valence electrons. The van der Waals surface area contributed by atoms with Gasteiger partial charge in [0.2, 0.25) is 0 Å². The summed E-state index contributed by atoms with van der Waals surface area (Å²) in [4.78, 5) is 16.2. The normalized spacial score (nSPS) is 9.81. The van der Waals surface area contributed by atoms with Crippen molar-refractivity contribution in [1.82, 2.24) is 20.1 Å². The summed E-state index contributed by atoms with van der Waals surface area (Å²) in [5.41, 5.74) is 7.18. The van der Waals surface area contributed by atoms with Crippen LogP contribution in [-0.2, 0) is 13.5 Å². The molecule has 3 N–H and O–H groups in total. The number of amides is 1. The number of carbonyl (C=O) groups is 1. The highest BCUT2D eigenvalue weighted by Crippen LogP contribution is 2.03. The average Bonchev–Trinajstić information content (AvgIpc) is 2.91. The maximum atomic E-state index is 12.1. The Balaban J connectivity index is 1.97. The molecule has 0 spiro atoms. The Kier molecular flexibility index (Phi) is 5.07. The van der Waals surface area contributed by atoms with E-state index in [2.05, 4.69) is 27.2 Å². The van der Waals surface area contributed by atoms with Crippen LogP contribution in [0.4, 0.5) is 0 Å². The third-order valence-corrected chi connectivity index (χ3v) is 2.78. The Morgan fingerprint density at radius 1 is 1.48 bits per heavy atom. The van der Waals surface area contributed by atoms with E-state index in [1.807, 2.05) is 19.3 Å². The lowest BCUT2D eigenvalue weighted by Crippen LogP contribution is -2.27. The van der Waals surface area contributed by atoms with Crippen molar-refractivity contribution in [3.8, 4) is 11.8 Å². The summed E-state index contributed by atoms with van der Waals surface area (Å²) < 4.78 is 1.73. The molecular formula is C15H17N5O. The molecule has 6 heteroatoms. The predicted molar refractivity (Wildman–Crippen MR) is 79.4 cm³/mol. The van der Waals surface area contributed by atoms with E-state index in [4.69, 9.17) is 5.73 Å². The van der Waals surface area contributed by atoms with E-state index in [1.54, 1.807) is 23.0 Å². The average molecular weight is 283 g/mol. The van der Waals surface area contributed by atoms with Gasteiger partial charge in [0.25, 0.3) is 5.91 Å². The minimum atomic E-state index is -0.243. The molecule has 0 saturated carbocycles. The molecule has 1 amide bonds. The summed E-state index contributed by atoms with van der Waals surface area (Å²) in [7, 11) is 1.86. The summed E-state index contributed by atoms with van der Waals surface area (Å²) in [6.07, 6.45) is 4.11. The predicted octanol–water partition coefficient (Wildman–Crippen LogP) is 0.0978. The van der Waals surface area contributed by atoms with Gasteiger partial charge in [-0.15, -0.1) is 0 Å². The Labute approximate surface area is 123 Å². The van der Waals surface area contributed by atoms with Crippen LogP contribution in [0.5, 0.6) is 0 Å². The zero-order chi connectivity index (χ0) is 15.1. The first-order valence-electron chi connectivity index (χ1n) is 6.61. The second kappa shape index (κ2) is 7.22. The molecule has 0 atom stereocenters. The number of aryl methyl sites for hydroxylation is 1. The molecule has 2 heterocycles. The molecule has 0 aliphatic rings. The maximum absolute atomic E-state index is 12.1. The molecule has 0 aliphatic carbocycles. The van der Waals surface area contributed by atoms with Crippen molar-refractivity contribution in [2.75, 3.05) is 13.1 Å². The van der Waals surface area contributed by atoms with Crippen LogP contribution in [-0.4, -0.2) is 33.8 Å². The number of hydrogen-bond donors (Lipinski definition) is 2. The number of carbonyl (C=O) groups excluding carboxylic acids is 1. The molecule has 0 radical (unpaired) electrons. The minimum Gasteiger partial charge on any atom is -0.350 e. The topological polar surface area (TPSA) is 85.8 Å². The highest BCUT2D eigenvalue weighted by molar-refractivity contribution is 5.94. The summed E-state index contributed by atoms with van der Waals surface area (Å²) >= 11 is 0. The van der Waals surface area contributed by atoms with Gasteiger partial charge in [0.05, 0.1) is 17.8 Å². The standard InChI is InChI=1S/C15H17N5O/c1-20-11-7-13(19-20)6-10-18-15(21)14-12(4-2-8-16)5-3-9-17-14/h3,5,7,9,11H,6,8,10,16H2,1H3,(H,18,21). The third kappa shape index (κ3) is 4.16. The van der Waals surface area contributed by atoms with Gasteiger partial charge in [-0.25, -0.2) is 4.98 Å². The van der Waals surface area contributed by atoms with E-state index < -0.39 is 0 Å². The van der Waals surface area contributed by atoms with Gasteiger partial charge < -0.3 is 11.1 Å². The van der Waals surface area contributed by atoms with Crippen LogP contribution in [0.25, 0.3) is 0 Å². The fourth-order valence-electron chi connectivity index (χ4n) is 1.82. The van der Waals surface area contributed by atoms with Crippen LogP contribution in [0, 0.1) is 11.8 Å². The molecule has 0 aliphatic heterocycles. The van der Waals surface area contributed by atoms with E-state index in [0.29, 0.717) is 24.2 Å². The zero-order valence-corrected chi connectivity index (χ0v) is 11.8. The molecule has 21 heavy (non-hydrogen) atoms. The monoisotopic (exact) mass is 283 g/mol. The summed E-state index contributed by atoms with van der Waals surface area (Å²) in [5.74, 6) is 5.34. The smallest absolute Gasteiger partial charge is 0.271 e. The molecule has 2 aromatic rings. The SMILES string of the molecule is Cn1ccc(CCNC(=O)c2ncccc2C#CCN)n1. The van der Waals surface area contributed by atoms with Crippen LogP contribution in [0.15, 0.2) is 30.6 Å². The number of rotatable bonds is 4. The van der Waals surface area contributed by atoms with Gasteiger partial charge in [0, 0.05) is 32.4 Å². The van der Waals surface area contributed by atoms with Crippen molar-refractivity contribution in [3.05, 3.63) is 47.5 Å². The van der Waals surface area contributed by atoms with E-state index in [9.17, 15) is 4.79 Å². The molecular weight excluding hydrogens is 266 g/mol. The van der Waals surface area contributed by atoms with Crippen LogP contribution >= 0.6 is 0 Å². The second-order valence-corrected chi connectivity index (χ2v) is 4.39. The molecule has 0 aromatic carbocycles. The van der Waals surface area contributed by atoms with Crippen molar-refractivity contribution >= 4 is 5.91 Å². The third-order valence-electron chi connectivity index (χ3n) is 2.78. The molecule has 0 unspecified atom stereocenters. The fourth-order valence-corrected chi connectivity index (χ4v) is 1.82. The maximum Gasteiger partial charge on any atom is 0.271 e. The molecule has 2 rings (SSSR count). The molecule has 0 fully saturated rings. The van der Waals surface area contributed by atoms with Crippen molar-refractivity contribution < 1.29 is 4.79 Å². The summed E-state index contributed by atoms with van der Waals surface area (Å²) in [6.45, 7) is 0.742. The second-order valence-electron chi connectivity index (χ2n) is 4.39. The Morgan fingerprint density at radius 2 is 2.33 bits per heavy atom. The number of nitrogens with two attached hydrogens (primary N) is 1. The van der Waals surface area contributed by atoms with Crippen LogP contribution in [0.1, 0.15) is 21.7 Å². The minimum absolute atomic E-state index is 0.243. The van der Waals surface area contributed by atoms with Gasteiger partial charge in [0.15, 0.2) is 0 Å². The largest absolute Gasteiger partial charge is 0.350 e. The van der Waals surface area contributed by atoms with Gasteiger partial charge >= 0.3 is 0 Å². The summed E-state index contributed by atoms with van der Waals surface area (Å²) in [6, 6.07) is 5.42. The molecule has 2 aromatic heterocycles. The number of nitrogens with zero attached hydrogens (tertiary/aromatic N) is 3. The van der Waals surface area contributed by atoms with Crippen molar-refractivity contribution in [3.63, 3.8) is 0 Å². The van der Waals surface area contributed by atoms with Crippen LogP contribution in [0.2, 0.25) is 0 Å². The van der Waals surface area contributed by atoms with E-state index >= 15 is 0 Å². The van der Waals surface area contributed by atoms with E-state index in [-0.39, 0.29) is 12.5 Å². The van der Waals surface area contributed by atoms with Crippen molar-refractivity contribution in [2.45, 2.75) is 6.42 Å². The van der Waals surface area contributed by atoms with E-state index in [0.717, 1.165) is 5.69 Å².